The second kappa shape index (κ2) is 13.6. The minimum absolute atomic E-state index is 0.0854. The molecule has 4 atom stereocenters. The summed E-state index contributed by atoms with van der Waals surface area (Å²) in [4.78, 5) is 55.3. The fourth-order valence-electron chi connectivity index (χ4n) is 2.61. The highest BCUT2D eigenvalue weighted by molar-refractivity contribution is 7.80. The SMILES string of the molecule is CC(NC(=O)C(Cc1cnc[nH]1)NC(=O)C(N)CS)C(=O)NC(CCCCN)C(=O)O. The third-order valence-corrected chi connectivity index (χ3v) is 4.85. The van der Waals surface area contributed by atoms with Gasteiger partial charge in [-0.3, -0.25) is 14.4 Å². The highest BCUT2D eigenvalue weighted by Gasteiger charge is 2.28. The first-order chi connectivity index (χ1) is 14.7. The molecule has 13 heteroatoms. The van der Waals surface area contributed by atoms with E-state index >= 15 is 0 Å². The van der Waals surface area contributed by atoms with Gasteiger partial charge in [0.15, 0.2) is 0 Å². The van der Waals surface area contributed by atoms with Gasteiger partial charge in [-0.15, -0.1) is 0 Å². The number of carbonyl (C=O) groups is 4. The maximum Gasteiger partial charge on any atom is 0.326 e. The summed E-state index contributed by atoms with van der Waals surface area (Å²) in [6.07, 6.45) is 4.41. The van der Waals surface area contributed by atoms with Gasteiger partial charge in [0.05, 0.1) is 12.4 Å². The first kappa shape index (κ1) is 26.4. The number of amides is 3. The van der Waals surface area contributed by atoms with Gasteiger partial charge in [0.25, 0.3) is 0 Å². The predicted molar refractivity (Wildman–Crippen MR) is 116 cm³/mol. The van der Waals surface area contributed by atoms with Gasteiger partial charge in [-0.1, -0.05) is 0 Å². The molecule has 0 aromatic carbocycles. The molecule has 0 bridgehead atoms. The van der Waals surface area contributed by atoms with Crippen molar-refractivity contribution in [1.82, 2.24) is 25.9 Å². The number of hydrogen-bond donors (Lipinski definition) is 8. The number of imidazole rings is 1. The number of aromatic amines is 1. The molecule has 4 unspecified atom stereocenters. The van der Waals surface area contributed by atoms with Crippen molar-refractivity contribution in [1.29, 1.82) is 0 Å². The molecule has 12 nitrogen and oxygen atoms in total. The third-order valence-electron chi connectivity index (χ3n) is 4.46. The van der Waals surface area contributed by atoms with Crippen LogP contribution in [0.15, 0.2) is 12.5 Å². The van der Waals surface area contributed by atoms with E-state index in [1.54, 1.807) is 0 Å². The molecule has 174 valence electrons. The van der Waals surface area contributed by atoms with Crippen LogP contribution in [0.3, 0.4) is 0 Å². The molecule has 9 N–H and O–H groups in total. The largest absolute Gasteiger partial charge is 0.480 e. The number of carboxylic acids is 1. The van der Waals surface area contributed by atoms with E-state index in [0.717, 1.165) is 0 Å². The Hall–Kier alpha value is -2.64. The molecule has 0 spiro atoms. The lowest BCUT2D eigenvalue weighted by Crippen LogP contribution is -2.57. The van der Waals surface area contributed by atoms with Crippen molar-refractivity contribution in [3.8, 4) is 0 Å². The van der Waals surface area contributed by atoms with Crippen molar-refractivity contribution in [2.24, 2.45) is 11.5 Å². The van der Waals surface area contributed by atoms with Crippen LogP contribution < -0.4 is 27.4 Å². The number of aromatic nitrogens is 2. The summed E-state index contributed by atoms with van der Waals surface area (Å²) < 4.78 is 0. The summed E-state index contributed by atoms with van der Waals surface area (Å²) >= 11 is 3.97. The molecule has 0 radical (unpaired) electrons. The lowest BCUT2D eigenvalue weighted by molar-refractivity contribution is -0.142. The lowest BCUT2D eigenvalue weighted by Gasteiger charge is -2.23. The number of nitrogens with zero attached hydrogens (tertiary/aromatic N) is 1. The zero-order valence-electron chi connectivity index (χ0n) is 17.3. The maximum atomic E-state index is 12.7. The normalized spacial score (nSPS) is 14.7. The van der Waals surface area contributed by atoms with Gasteiger partial charge >= 0.3 is 5.97 Å². The molecule has 0 aliphatic carbocycles. The number of thiol groups is 1. The van der Waals surface area contributed by atoms with Crippen LogP contribution in [-0.2, 0) is 25.6 Å². The van der Waals surface area contributed by atoms with E-state index in [-0.39, 0.29) is 18.6 Å². The summed E-state index contributed by atoms with van der Waals surface area (Å²) in [5.74, 6) is -2.95. The van der Waals surface area contributed by atoms with E-state index in [1.807, 2.05) is 0 Å². The topological polar surface area (TPSA) is 205 Å². The Balaban J connectivity index is 2.76. The Bertz CT molecular complexity index is 731. The zero-order chi connectivity index (χ0) is 23.4. The Labute approximate surface area is 185 Å². The number of nitrogens with two attached hydrogens (primary N) is 2. The second-order valence-corrected chi connectivity index (χ2v) is 7.41. The predicted octanol–water partition coefficient (Wildman–Crippen LogP) is -2.10. The van der Waals surface area contributed by atoms with Gasteiger partial charge in [0.2, 0.25) is 17.7 Å². The number of carbonyl (C=O) groups excluding carboxylic acids is 3. The van der Waals surface area contributed by atoms with Crippen LogP contribution in [-0.4, -0.2) is 75.2 Å². The van der Waals surface area contributed by atoms with Crippen molar-refractivity contribution < 1.29 is 24.3 Å². The minimum Gasteiger partial charge on any atom is -0.480 e. The van der Waals surface area contributed by atoms with Gasteiger partial charge in [-0.25, -0.2) is 9.78 Å². The Kier molecular flexibility index (Phi) is 11.6. The molecule has 1 aromatic heterocycles. The number of nitrogens with one attached hydrogen (secondary N) is 4. The van der Waals surface area contributed by atoms with Crippen LogP contribution in [0, 0.1) is 0 Å². The van der Waals surface area contributed by atoms with E-state index in [4.69, 9.17) is 11.5 Å². The quantitative estimate of drug-likeness (QED) is 0.114. The number of rotatable bonds is 14. The van der Waals surface area contributed by atoms with Gasteiger partial charge in [0.1, 0.15) is 18.1 Å². The molecular formula is C18H31N7O5S. The number of unbranched alkanes of at least 4 members (excludes halogenated alkanes) is 1. The summed E-state index contributed by atoms with van der Waals surface area (Å²) in [6, 6.07) is -4.07. The number of aliphatic carboxylic acids is 1. The maximum absolute atomic E-state index is 12.7. The van der Waals surface area contributed by atoms with Gasteiger partial charge in [-0.05, 0) is 32.7 Å². The molecule has 0 saturated carbocycles. The average molecular weight is 458 g/mol. The molecular weight excluding hydrogens is 426 g/mol. The average Bonchev–Trinajstić information content (AvgIpc) is 3.24. The fraction of sp³-hybridized carbons (Fsp3) is 0.611. The first-order valence-corrected chi connectivity index (χ1v) is 10.5. The molecule has 0 fully saturated rings. The minimum atomic E-state index is -1.17. The van der Waals surface area contributed by atoms with E-state index in [9.17, 15) is 24.3 Å². The summed E-state index contributed by atoms with van der Waals surface area (Å²) in [6.45, 7) is 1.84. The van der Waals surface area contributed by atoms with Gasteiger partial charge in [0, 0.05) is 24.1 Å². The molecule has 0 aliphatic rings. The Morgan fingerprint density at radius 2 is 1.81 bits per heavy atom. The van der Waals surface area contributed by atoms with Crippen molar-refractivity contribution in [3.63, 3.8) is 0 Å². The fourth-order valence-corrected chi connectivity index (χ4v) is 2.78. The lowest BCUT2D eigenvalue weighted by atomic mass is 10.1. The number of carboxylic acid groups (broad SMARTS) is 1. The summed E-state index contributed by atoms with van der Waals surface area (Å²) in [5, 5.41) is 16.7. The van der Waals surface area contributed by atoms with Crippen molar-refractivity contribution in [2.75, 3.05) is 12.3 Å². The van der Waals surface area contributed by atoms with Crippen LogP contribution in [0.25, 0.3) is 0 Å². The van der Waals surface area contributed by atoms with Crippen LogP contribution in [0.2, 0.25) is 0 Å². The second-order valence-electron chi connectivity index (χ2n) is 7.05. The standard InChI is InChI=1S/C18H31N7O5S/c1-10(15(26)24-13(18(29)30)4-2-3-5-19)23-17(28)14(6-11-7-21-9-22-11)25-16(27)12(20)8-31/h7,9-10,12-14,31H,2-6,8,19-20H2,1H3,(H,21,22)(H,23,28)(H,24,26)(H,25,27)(H,29,30). The van der Waals surface area contributed by atoms with Crippen molar-refractivity contribution in [3.05, 3.63) is 18.2 Å². The smallest absolute Gasteiger partial charge is 0.326 e. The number of H-pyrrole nitrogens is 1. The summed E-state index contributed by atoms with van der Waals surface area (Å²) in [7, 11) is 0. The van der Waals surface area contributed by atoms with Crippen LogP contribution in [0.1, 0.15) is 31.9 Å². The first-order valence-electron chi connectivity index (χ1n) is 9.87. The van der Waals surface area contributed by atoms with Crippen molar-refractivity contribution in [2.45, 2.75) is 56.8 Å². The number of hydrogen-bond acceptors (Lipinski definition) is 8. The molecule has 3 amide bonds. The molecule has 0 saturated heterocycles. The highest BCUT2D eigenvalue weighted by Crippen LogP contribution is 2.03. The van der Waals surface area contributed by atoms with Crippen LogP contribution >= 0.6 is 12.6 Å². The molecule has 31 heavy (non-hydrogen) atoms. The van der Waals surface area contributed by atoms with E-state index < -0.39 is 47.9 Å². The van der Waals surface area contributed by atoms with Gasteiger partial charge < -0.3 is 37.5 Å². The Morgan fingerprint density at radius 3 is 2.35 bits per heavy atom. The summed E-state index contributed by atoms with van der Waals surface area (Å²) in [5.41, 5.74) is 11.6. The van der Waals surface area contributed by atoms with E-state index in [2.05, 4.69) is 38.5 Å². The van der Waals surface area contributed by atoms with Crippen LogP contribution in [0.5, 0.6) is 0 Å². The van der Waals surface area contributed by atoms with Crippen LogP contribution in [0.4, 0.5) is 0 Å². The molecule has 1 aromatic rings. The Morgan fingerprint density at radius 1 is 1.13 bits per heavy atom. The monoisotopic (exact) mass is 457 g/mol. The van der Waals surface area contributed by atoms with E-state index in [1.165, 1.54) is 19.4 Å². The molecule has 1 heterocycles. The third kappa shape index (κ3) is 9.36. The van der Waals surface area contributed by atoms with Crippen molar-refractivity contribution >= 4 is 36.3 Å². The molecule has 0 aliphatic heterocycles. The van der Waals surface area contributed by atoms with Gasteiger partial charge in [-0.2, -0.15) is 12.6 Å². The highest BCUT2D eigenvalue weighted by atomic mass is 32.1. The molecule has 1 rings (SSSR count). The zero-order valence-corrected chi connectivity index (χ0v) is 18.2. The van der Waals surface area contributed by atoms with E-state index in [0.29, 0.717) is 25.1 Å².